The minimum atomic E-state index is -0.196. The largest absolute Gasteiger partial charge is 0.457 e. The Balaban J connectivity index is 1.52. The Bertz CT molecular complexity index is 1050. The van der Waals surface area contributed by atoms with Crippen LogP contribution in [0.2, 0.25) is 0 Å². The lowest BCUT2D eigenvalue weighted by atomic mass is 10.2. The summed E-state index contributed by atoms with van der Waals surface area (Å²) >= 11 is 0. The molecule has 0 unspecified atom stereocenters. The number of carbonyl (C=O) groups excluding carboxylic acids is 1. The molecule has 0 spiro atoms. The fourth-order valence-corrected chi connectivity index (χ4v) is 2.81. The van der Waals surface area contributed by atoms with Crippen LogP contribution in [-0.4, -0.2) is 15.3 Å². The molecule has 26 heavy (non-hydrogen) atoms. The molecule has 0 aliphatic heterocycles. The van der Waals surface area contributed by atoms with E-state index in [1.165, 1.54) is 0 Å². The highest BCUT2D eigenvalue weighted by Crippen LogP contribution is 2.23. The molecule has 4 rings (SSSR count). The number of benzene rings is 2. The van der Waals surface area contributed by atoms with Gasteiger partial charge in [-0.2, -0.15) is 0 Å². The Morgan fingerprint density at radius 3 is 2.38 bits per heavy atom. The van der Waals surface area contributed by atoms with Gasteiger partial charge in [0, 0.05) is 11.9 Å². The molecule has 1 amide bonds. The van der Waals surface area contributed by atoms with Crippen LogP contribution in [0.15, 0.2) is 79.0 Å². The molecule has 2 heterocycles. The predicted octanol–water partition coefficient (Wildman–Crippen LogP) is 4.69. The van der Waals surface area contributed by atoms with E-state index >= 15 is 0 Å². The Morgan fingerprint density at radius 1 is 0.923 bits per heavy atom. The number of fused-ring (bicyclic) bond motifs is 1. The fraction of sp³-hybridized carbons (Fsp3) is 0.0476. The number of ether oxygens (including phenoxy) is 1. The molecule has 0 bridgehead atoms. The summed E-state index contributed by atoms with van der Waals surface area (Å²) in [6, 6.07) is 22.5. The molecular formula is C21H17N3O2. The van der Waals surface area contributed by atoms with Crippen LogP contribution in [0.5, 0.6) is 11.5 Å². The summed E-state index contributed by atoms with van der Waals surface area (Å²) in [6.07, 6.45) is 1.83. The first kappa shape index (κ1) is 15.9. The predicted molar refractivity (Wildman–Crippen MR) is 101 cm³/mol. The zero-order valence-corrected chi connectivity index (χ0v) is 14.2. The Kier molecular flexibility index (Phi) is 4.11. The minimum absolute atomic E-state index is 0.196. The quantitative estimate of drug-likeness (QED) is 0.585. The maximum absolute atomic E-state index is 12.7. The first-order chi connectivity index (χ1) is 12.7. The lowest BCUT2D eigenvalue weighted by molar-refractivity contribution is 0.102. The van der Waals surface area contributed by atoms with Gasteiger partial charge in [0.25, 0.3) is 5.91 Å². The molecule has 2 aromatic heterocycles. The van der Waals surface area contributed by atoms with Crippen LogP contribution in [0.1, 0.15) is 16.2 Å². The van der Waals surface area contributed by atoms with Gasteiger partial charge in [-0.15, -0.1) is 0 Å². The van der Waals surface area contributed by atoms with E-state index in [-0.39, 0.29) is 5.91 Å². The van der Waals surface area contributed by atoms with Crippen molar-refractivity contribution in [3.05, 3.63) is 90.4 Å². The highest BCUT2D eigenvalue weighted by molar-refractivity contribution is 6.04. The summed E-state index contributed by atoms with van der Waals surface area (Å²) in [5, 5.41) is 2.91. The number of carbonyl (C=O) groups is 1. The van der Waals surface area contributed by atoms with Gasteiger partial charge in [0.15, 0.2) is 0 Å². The van der Waals surface area contributed by atoms with Crippen LogP contribution in [0.25, 0.3) is 5.65 Å². The maximum atomic E-state index is 12.7. The van der Waals surface area contributed by atoms with E-state index in [0.29, 0.717) is 22.8 Å². The molecule has 0 radical (unpaired) electrons. The average Bonchev–Trinajstić information content (AvgIpc) is 3.00. The summed E-state index contributed by atoms with van der Waals surface area (Å²) < 4.78 is 7.55. The average molecular weight is 343 g/mol. The number of rotatable bonds is 4. The van der Waals surface area contributed by atoms with E-state index in [4.69, 9.17) is 4.74 Å². The second kappa shape index (κ2) is 6.72. The summed E-state index contributed by atoms with van der Waals surface area (Å²) in [6.45, 7) is 1.83. The zero-order valence-electron chi connectivity index (χ0n) is 14.2. The normalized spacial score (nSPS) is 10.7. The van der Waals surface area contributed by atoms with Crippen molar-refractivity contribution in [1.29, 1.82) is 0 Å². The monoisotopic (exact) mass is 343 g/mol. The number of hydrogen-bond donors (Lipinski definition) is 1. The number of amides is 1. The minimum Gasteiger partial charge on any atom is -0.457 e. The summed E-state index contributed by atoms with van der Waals surface area (Å²) in [5.41, 5.74) is 2.67. The second-order valence-corrected chi connectivity index (χ2v) is 5.87. The van der Waals surface area contributed by atoms with E-state index in [1.54, 1.807) is 4.40 Å². The number of imidazole rings is 1. The third kappa shape index (κ3) is 3.15. The van der Waals surface area contributed by atoms with Crippen LogP contribution < -0.4 is 10.1 Å². The van der Waals surface area contributed by atoms with Crippen LogP contribution in [0.3, 0.4) is 0 Å². The van der Waals surface area contributed by atoms with Gasteiger partial charge in [-0.25, -0.2) is 4.98 Å². The number of nitrogens with one attached hydrogen (secondary N) is 1. The van der Waals surface area contributed by atoms with Crippen LogP contribution >= 0.6 is 0 Å². The summed E-state index contributed by atoms with van der Waals surface area (Å²) in [4.78, 5) is 17.1. The summed E-state index contributed by atoms with van der Waals surface area (Å²) in [5.74, 6) is 1.28. The number of pyridine rings is 1. The molecule has 5 heteroatoms. The molecule has 0 aliphatic rings. The number of aromatic nitrogens is 2. The van der Waals surface area contributed by atoms with Crippen LogP contribution in [0, 0.1) is 6.92 Å². The third-order valence-electron chi connectivity index (χ3n) is 4.01. The Morgan fingerprint density at radius 2 is 1.62 bits per heavy atom. The number of aryl methyl sites for hydroxylation is 1. The lowest BCUT2D eigenvalue weighted by Crippen LogP contribution is -2.15. The van der Waals surface area contributed by atoms with Crippen LogP contribution in [0.4, 0.5) is 5.69 Å². The van der Waals surface area contributed by atoms with Crippen molar-refractivity contribution in [3.63, 3.8) is 0 Å². The van der Waals surface area contributed by atoms with Crippen molar-refractivity contribution in [2.24, 2.45) is 0 Å². The Labute approximate surface area is 150 Å². The SMILES string of the molecule is Cc1nc2ccccn2c1C(=O)Nc1ccc(Oc2ccccc2)cc1. The van der Waals surface area contributed by atoms with E-state index in [9.17, 15) is 4.79 Å². The highest BCUT2D eigenvalue weighted by atomic mass is 16.5. The Hall–Kier alpha value is -3.60. The second-order valence-electron chi connectivity index (χ2n) is 5.87. The molecule has 5 nitrogen and oxygen atoms in total. The van der Waals surface area contributed by atoms with E-state index in [1.807, 2.05) is 85.9 Å². The molecule has 0 aliphatic carbocycles. The first-order valence-electron chi connectivity index (χ1n) is 8.29. The van der Waals surface area contributed by atoms with Gasteiger partial charge in [0.2, 0.25) is 0 Å². The fourth-order valence-electron chi connectivity index (χ4n) is 2.81. The maximum Gasteiger partial charge on any atom is 0.274 e. The van der Waals surface area contributed by atoms with E-state index in [2.05, 4.69) is 10.3 Å². The van der Waals surface area contributed by atoms with Gasteiger partial charge in [-0.3, -0.25) is 9.20 Å². The van der Waals surface area contributed by atoms with Crippen molar-refractivity contribution in [1.82, 2.24) is 9.38 Å². The van der Waals surface area contributed by atoms with Crippen molar-refractivity contribution in [2.75, 3.05) is 5.32 Å². The van der Waals surface area contributed by atoms with Gasteiger partial charge in [0.1, 0.15) is 22.8 Å². The van der Waals surface area contributed by atoms with Crippen LogP contribution in [-0.2, 0) is 0 Å². The van der Waals surface area contributed by atoms with Crippen molar-refractivity contribution in [3.8, 4) is 11.5 Å². The zero-order chi connectivity index (χ0) is 17.9. The number of nitrogens with zero attached hydrogens (tertiary/aromatic N) is 2. The number of anilines is 1. The molecule has 4 aromatic rings. The standard InChI is InChI=1S/C21H17N3O2/c1-15-20(24-14-6-5-9-19(24)22-15)21(25)23-16-10-12-18(13-11-16)26-17-7-3-2-4-8-17/h2-14H,1H3,(H,23,25). The number of para-hydroxylation sites is 1. The van der Waals surface area contributed by atoms with Gasteiger partial charge in [0.05, 0.1) is 5.69 Å². The molecule has 128 valence electrons. The smallest absolute Gasteiger partial charge is 0.274 e. The third-order valence-corrected chi connectivity index (χ3v) is 4.01. The molecular weight excluding hydrogens is 326 g/mol. The molecule has 1 N–H and O–H groups in total. The number of hydrogen-bond acceptors (Lipinski definition) is 3. The molecule has 0 fully saturated rings. The first-order valence-corrected chi connectivity index (χ1v) is 8.29. The molecule has 0 atom stereocenters. The highest BCUT2D eigenvalue weighted by Gasteiger charge is 2.16. The summed E-state index contributed by atoms with van der Waals surface area (Å²) in [7, 11) is 0. The van der Waals surface area contributed by atoms with E-state index in [0.717, 1.165) is 11.4 Å². The van der Waals surface area contributed by atoms with Gasteiger partial charge in [-0.05, 0) is 55.5 Å². The molecule has 0 saturated carbocycles. The molecule has 0 saturated heterocycles. The van der Waals surface area contributed by atoms with Crippen molar-refractivity contribution in [2.45, 2.75) is 6.92 Å². The molecule has 2 aromatic carbocycles. The van der Waals surface area contributed by atoms with Crippen molar-refractivity contribution >= 4 is 17.2 Å². The van der Waals surface area contributed by atoms with Gasteiger partial charge < -0.3 is 10.1 Å². The van der Waals surface area contributed by atoms with E-state index < -0.39 is 0 Å². The van der Waals surface area contributed by atoms with Crippen molar-refractivity contribution < 1.29 is 9.53 Å². The topological polar surface area (TPSA) is 55.6 Å². The van der Waals surface area contributed by atoms with Gasteiger partial charge >= 0.3 is 0 Å². The lowest BCUT2D eigenvalue weighted by Gasteiger charge is -2.08. The van der Waals surface area contributed by atoms with Gasteiger partial charge in [-0.1, -0.05) is 24.3 Å².